The van der Waals surface area contributed by atoms with E-state index in [1.807, 2.05) is 30.3 Å². The molecular formula is C20H26N4O6. The summed E-state index contributed by atoms with van der Waals surface area (Å²) in [4.78, 5) is 51.6. The fourth-order valence-electron chi connectivity index (χ4n) is 3.94. The highest BCUT2D eigenvalue weighted by Gasteiger charge is 2.60. The number of primary amides is 1. The quantitative estimate of drug-likeness (QED) is 0.502. The number of benzene rings is 1. The van der Waals surface area contributed by atoms with Crippen LogP contribution in [-0.4, -0.2) is 76.0 Å². The van der Waals surface area contributed by atoms with Gasteiger partial charge in [-0.1, -0.05) is 30.3 Å². The van der Waals surface area contributed by atoms with Crippen molar-refractivity contribution >= 4 is 23.8 Å². The van der Waals surface area contributed by atoms with Crippen LogP contribution in [0.3, 0.4) is 0 Å². The highest BCUT2D eigenvalue weighted by Crippen LogP contribution is 2.39. The van der Waals surface area contributed by atoms with Crippen LogP contribution in [-0.2, 0) is 25.7 Å². The molecule has 10 heteroatoms. The molecule has 0 aromatic heterocycles. The lowest BCUT2D eigenvalue weighted by Crippen LogP contribution is -2.73. The number of aliphatic hydroxyl groups is 1. The first-order valence-corrected chi connectivity index (χ1v) is 9.79. The number of nitrogens with two attached hydrogens (primary N) is 1. The average Bonchev–Trinajstić information content (AvgIpc) is 3.17. The van der Waals surface area contributed by atoms with Crippen LogP contribution >= 0.6 is 0 Å². The van der Waals surface area contributed by atoms with Crippen molar-refractivity contribution in [1.29, 1.82) is 0 Å². The van der Waals surface area contributed by atoms with Crippen LogP contribution in [0.25, 0.3) is 0 Å². The van der Waals surface area contributed by atoms with Gasteiger partial charge in [-0.25, -0.2) is 4.79 Å². The predicted octanol–water partition coefficient (Wildman–Crippen LogP) is -0.649. The number of nitrogens with zero attached hydrogens (tertiary/aromatic N) is 2. The van der Waals surface area contributed by atoms with Gasteiger partial charge in [0.05, 0.1) is 19.2 Å². The molecule has 30 heavy (non-hydrogen) atoms. The standard InChI is InChI=1S/C20H26N4O6/c1-13(25)16(17(21)27)22-15(26)10-23-12-20(18(23)28)8-5-9-24(20)19(29)30-11-14-6-3-2-4-7-14/h2-4,6-7,13,16,25H,5,8-12H2,1H3,(H2,21,27)(H,22,26). The topological polar surface area (TPSA) is 142 Å². The van der Waals surface area contributed by atoms with Gasteiger partial charge >= 0.3 is 6.09 Å². The molecule has 4 N–H and O–H groups in total. The smallest absolute Gasteiger partial charge is 0.411 e. The molecule has 2 fully saturated rings. The maximum atomic E-state index is 12.8. The maximum absolute atomic E-state index is 12.8. The van der Waals surface area contributed by atoms with Crippen LogP contribution in [0.15, 0.2) is 30.3 Å². The number of β-lactam (4-membered cyclic amide) rings is 1. The SMILES string of the molecule is CC(O)C(NC(=O)CN1CC2(CCCN2C(=O)OCc2ccccc2)C1=O)C(N)=O. The van der Waals surface area contributed by atoms with Crippen LogP contribution < -0.4 is 11.1 Å². The van der Waals surface area contributed by atoms with E-state index in [9.17, 15) is 24.3 Å². The number of ether oxygens (including phenoxy) is 1. The first kappa shape index (κ1) is 21.6. The van der Waals surface area contributed by atoms with Crippen LogP contribution in [0.2, 0.25) is 0 Å². The zero-order valence-corrected chi connectivity index (χ0v) is 16.7. The summed E-state index contributed by atoms with van der Waals surface area (Å²) in [7, 11) is 0. The summed E-state index contributed by atoms with van der Waals surface area (Å²) >= 11 is 0. The minimum atomic E-state index is -1.24. The number of rotatable bonds is 7. The van der Waals surface area contributed by atoms with E-state index in [4.69, 9.17) is 10.5 Å². The van der Waals surface area contributed by atoms with Gasteiger partial charge < -0.3 is 25.8 Å². The summed E-state index contributed by atoms with van der Waals surface area (Å²) in [5, 5.41) is 11.9. The molecule has 2 aliphatic rings. The van der Waals surface area contributed by atoms with E-state index in [-0.39, 0.29) is 25.6 Å². The molecule has 0 saturated carbocycles. The molecule has 3 rings (SSSR count). The monoisotopic (exact) mass is 418 g/mol. The largest absolute Gasteiger partial charge is 0.445 e. The Hall–Kier alpha value is -3.14. The molecule has 0 radical (unpaired) electrons. The van der Waals surface area contributed by atoms with Gasteiger partial charge in [0.1, 0.15) is 18.2 Å². The molecule has 162 valence electrons. The second kappa shape index (κ2) is 8.70. The summed E-state index contributed by atoms with van der Waals surface area (Å²) in [6, 6.07) is 8.01. The van der Waals surface area contributed by atoms with Crippen molar-refractivity contribution in [2.24, 2.45) is 5.73 Å². The zero-order valence-electron chi connectivity index (χ0n) is 16.7. The lowest BCUT2D eigenvalue weighted by molar-refractivity contribution is -0.162. The summed E-state index contributed by atoms with van der Waals surface area (Å²) in [5.74, 6) is -1.81. The number of hydrogen-bond donors (Lipinski definition) is 3. The fraction of sp³-hybridized carbons (Fsp3) is 0.500. The molecule has 2 aliphatic heterocycles. The van der Waals surface area contributed by atoms with E-state index >= 15 is 0 Å². The van der Waals surface area contributed by atoms with E-state index in [1.54, 1.807) is 0 Å². The molecule has 1 aromatic rings. The average molecular weight is 418 g/mol. The van der Waals surface area contributed by atoms with Crippen LogP contribution in [0.4, 0.5) is 4.79 Å². The zero-order chi connectivity index (χ0) is 21.9. The van der Waals surface area contributed by atoms with Crippen molar-refractivity contribution in [3.63, 3.8) is 0 Å². The molecule has 1 spiro atoms. The Morgan fingerprint density at radius 2 is 2.00 bits per heavy atom. The van der Waals surface area contributed by atoms with Crippen molar-refractivity contribution in [3.8, 4) is 0 Å². The van der Waals surface area contributed by atoms with Gasteiger partial charge in [-0.3, -0.25) is 19.3 Å². The first-order chi connectivity index (χ1) is 14.2. The Labute approximate surface area is 173 Å². The normalized spacial score (nSPS) is 22.4. The van der Waals surface area contributed by atoms with Crippen molar-refractivity contribution in [2.75, 3.05) is 19.6 Å². The Balaban J connectivity index is 1.56. The second-order valence-electron chi connectivity index (χ2n) is 7.68. The van der Waals surface area contributed by atoms with E-state index < -0.39 is 35.6 Å². The number of amides is 4. The second-order valence-corrected chi connectivity index (χ2v) is 7.68. The van der Waals surface area contributed by atoms with Crippen molar-refractivity contribution in [3.05, 3.63) is 35.9 Å². The molecule has 2 heterocycles. The fourth-order valence-corrected chi connectivity index (χ4v) is 3.94. The minimum absolute atomic E-state index is 0.112. The Morgan fingerprint density at radius 3 is 2.60 bits per heavy atom. The molecule has 3 unspecified atom stereocenters. The van der Waals surface area contributed by atoms with E-state index in [1.165, 1.54) is 16.7 Å². The van der Waals surface area contributed by atoms with E-state index in [2.05, 4.69) is 5.32 Å². The van der Waals surface area contributed by atoms with Gasteiger partial charge in [0.15, 0.2) is 0 Å². The van der Waals surface area contributed by atoms with Crippen molar-refractivity contribution < 1.29 is 29.0 Å². The molecule has 3 atom stereocenters. The molecule has 0 aliphatic carbocycles. The lowest BCUT2D eigenvalue weighted by atomic mass is 9.85. The molecule has 2 saturated heterocycles. The van der Waals surface area contributed by atoms with E-state index in [0.29, 0.717) is 19.4 Å². The molecule has 1 aromatic carbocycles. The molecule has 4 amide bonds. The highest BCUT2D eigenvalue weighted by atomic mass is 16.6. The Bertz CT molecular complexity index is 830. The maximum Gasteiger partial charge on any atom is 0.411 e. The summed E-state index contributed by atoms with van der Waals surface area (Å²) in [6.07, 6.45) is -0.550. The lowest BCUT2D eigenvalue weighted by Gasteiger charge is -2.50. The van der Waals surface area contributed by atoms with E-state index in [0.717, 1.165) is 5.56 Å². The van der Waals surface area contributed by atoms with Gasteiger partial charge in [-0.05, 0) is 25.3 Å². The van der Waals surface area contributed by atoms with Crippen LogP contribution in [0.5, 0.6) is 0 Å². The summed E-state index contributed by atoms with van der Waals surface area (Å²) in [5.41, 5.74) is 5.02. The number of likely N-dealkylation sites (tertiary alicyclic amines) is 2. The molecular weight excluding hydrogens is 392 g/mol. The Morgan fingerprint density at radius 1 is 1.30 bits per heavy atom. The van der Waals surface area contributed by atoms with Crippen molar-refractivity contribution in [1.82, 2.24) is 15.1 Å². The third kappa shape index (κ3) is 4.23. The first-order valence-electron chi connectivity index (χ1n) is 9.79. The van der Waals surface area contributed by atoms with Crippen LogP contribution in [0.1, 0.15) is 25.3 Å². The number of carbonyl (C=O) groups is 4. The van der Waals surface area contributed by atoms with Gasteiger partial charge in [-0.2, -0.15) is 0 Å². The number of nitrogens with one attached hydrogen (secondary N) is 1. The summed E-state index contributed by atoms with van der Waals surface area (Å²) < 4.78 is 5.37. The third-order valence-electron chi connectivity index (χ3n) is 5.49. The Kier molecular flexibility index (Phi) is 6.25. The summed E-state index contributed by atoms with van der Waals surface area (Å²) in [6.45, 7) is 1.77. The van der Waals surface area contributed by atoms with Crippen molar-refractivity contribution in [2.45, 2.75) is 44.1 Å². The third-order valence-corrected chi connectivity index (χ3v) is 5.49. The number of aliphatic hydroxyl groups excluding tert-OH is 1. The van der Waals surface area contributed by atoms with Crippen LogP contribution in [0, 0.1) is 0 Å². The number of carbonyl (C=O) groups excluding carboxylic acids is 4. The van der Waals surface area contributed by atoms with Gasteiger partial charge in [-0.15, -0.1) is 0 Å². The van der Waals surface area contributed by atoms with Gasteiger partial charge in [0.2, 0.25) is 11.8 Å². The molecule has 10 nitrogen and oxygen atoms in total. The highest BCUT2D eigenvalue weighted by molar-refractivity contribution is 5.99. The van der Waals surface area contributed by atoms with Gasteiger partial charge in [0.25, 0.3) is 5.91 Å². The predicted molar refractivity (Wildman–Crippen MR) is 105 cm³/mol. The van der Waals surface area contributed by atoms with Gasteiger partial charge in [0, 0.05) is 6.54 Å². The number of hydrogen-bond acceptors (Lipinski definition) is 6. The minimum Gasteiger partial charge on any atom is -0.445 e. The molecule has 0 bridgehead atoms.